The third-order valence-corrected chi connectivity index (χ3v) is 4.41. The van der Waals surface area contributed by atoms with Crippen molar-refractivity contribution in [2.75, 3.05) is 6.61 Å². The Balaban J connectivity index is 1.59. The van der Waals surface area contributed by atoms with E-state index in [-0.39, 0.29) is 18.9 Å². The molecule has 2 aromatic carbocycles. The van der Waals surface area contributed by atoms with E-state index < -0.39 is 18.1 Å². The van der Waals surface area contributed by atoms with Crippen LogP contribution in [0.25, 0.3) is 0 Å². The molecule has 0 aliphatic carbocycles. The molecule has 1 aliphatic rings. The van der Waals surface area contributed by atoms with Crippen molar-refractivity contribution in [2.45, 2.75) is 31.4 Å². The Kier molecular flexibility index (Phi) is 5.73. The average Bonchev–Trinajstić information content (AvgIpc) is 2.67. The summed E-state index contributed by atoms with van der Waals surface area (Å²) in [6.07, 6.45) is 0.263. The van der Waals surface area contributed by atoms with Crippen LogP contribution in [-0.2, 0) is 16.1 Å². The van der Waals surface area contributed by atoms with E-state index in [9.17, 15) is 14.7 Å². The lowest BCUT2D eigenvalue weighted by molar-refractivity contribution is -0.139. The van der Waals surface area contributed by atoms with Gasteiger partial charge in [0.2, 0.25) is 0 Å². The first-order valence-electron chi connectivity index (χ1n) is 8.55. The Morgan fingerprint density at radius 2 is 1.88 bits per heavy atom. The minimum absolute atomic E-state index is 0.00970. The van der Waals surface area contributed by atoms with Crippen LogP contribution in [0.2, 0.25) is 0 Å². The van der Waals surface area contributed by atoms with E-state index in [4.69, 9.17) is 9.47 Å². The Labute approximate surface area is 151 Å². The Hall–Kier alpha value is -3.02. The van der Waals surface area contributed by atoms with Gasteiger partial charge in [-0.25, -0.2) is 9.59 Å². The van der Waals surface area contributed by atoms with Gasteiger partial charge in [0.1, 0.15) is 18.4 Å². The van der Waals surface area contributed by atoms with Crippen molar-refractivity contribution in [1.82, 2.24) is 5.32 Å². The van der Waals surface area contributed by atoms with Gasteiger partial charge in [-0.2, -0.15) is 0 Å². The first-order chi connectivity index (χ1) is 12.6. The van der Waals surface area contributed by atoms with Gasteiger partial charge in [-0.05, 0) is 36.0 Å². The van der Waals surface area contributed by atoms with E-state index in [2.05, 4.69) is 5.32 Å². The van der Waals surface area contributed by atoms with Gasteiger partial charge in [0.05, 0.1) is 6.61 Å². The summed E-state index contributed by atoms with van der Waals surface area (Å²) in [5.41, 5.74) is 1.82. The number of carbonyl (C=O) groups excluding carboxylic acids is 1. The van der Waals surface area contributed by atoms with Crippen LogP contribution in [-0.4, -0.2) is 29.8 Å². The molecule has 0 saturated heterocycles. The van der Waals surface area contributed by atoms with Gasteiger partial charge < -0.3 is 19.9 Å². The maximum absolute atomic E-state index is 12.0. The molecule has 0 spiro atoms. The molecule has 136 valence electrons. The maximum atomic E-state index is 12.0. The molecule has 3 rings (SSSR count). The number of ether oxygens (including phenoxy) is 2. The summed E-state index contributed by atoms with van der Waals surface area (Å²) in [5.74, 6) is -0.291. The van der Waals surface area contributed by atoms with Crippen LogP contribution >= 0.6 is 0 Å². The van der Waals surface area contributed by atoms with Gasteiger partial charge in [-0.3, -0.25) is 0 Å². The SMILES string of the molecule is O=C(NC(CC1CCOc2ccccc21)C(=O)O)OCc1ccccc1. The number of nitrogens with one attached hydrogen (secondary N) is 1. The van der Waals surface area contributed by atoms with Crippen LogP contribution < -0.4 is 10.1 Å². The van der Waals surface area contributed by atoms with E-state index in [0.29, 0.717) is 13.0 Å². The molecule has 1 heterocycles. The monoisotopic (exact) mass is 355 g/mol. The molecule has 6 heteroatoms. The fraction of sp³-hybridized carbons (Fsp3) is 0.300. The standard InChI is InChI=1S/C20H21NO5/c22-19(23)17(21-20(24)26-13-14-6-2-1-3-7-14)12-15-10-11-25-18-9-5-4-8-16(15)18/h1-9,15,17H,10-13H2,(H,21,24)(H,22,23). The van der Waals surface area contributed by atoms with Crippen molar-refractivity contribution in [1.29, 1.82) is 0 Å². The number of benzene rings is 2. The van der Waals surface area contributed by atoms with Gasteiger partial charge in [0, 0.05) is 0 Å². The summed E-state index contributed by atoms with van der Waals surface area (Å²) in [5, 5.41) is 11.9. The summed E-state index contributed by atoms with van der Waals surface area (Å²) >= 11 is 0. The van der Waals surface area contributed by atoms with Gasteiger partial charge >= 0.3 is 12.1 Å². The molecule has 0 saturated carbocycles. The number of carboxylic acids is 1. The number of carboxylic acid groups (broad SMARTS) is 1. The third kappa shape index (κ3) is 4.53. The molecule has 0 bridgehead atoms. The second kappa shape index (κ2) is 8.38. The number of hydrogen-bond acceptors (Lipinski definition) is 4. The molecule has 0 radical (unpaired) electrons. The van der Waals surface area contributed by atoms with Crippen LogP contribution in [0.3, 0.4) is 0 Å². The molecule has 2 N–H and O–H groups in total. The number of rotatable bonds is 6. The van der Waals surface area contributed by atoms with E-state index >= 15 is 0 Å². The minimum atomic E-state index is -1.08. The van der Waals surface area contributed by atoms with E-state index in [1.54, 1.807) is 0 Å². The zero-order chi connectivity index (χ0) is 18.4. The maximum Gasteiger partial charge on any atom is 0.408 e. The predicted molar refractivity (Wildman–Crippen MR) is 95.1 cm³/mol. The molecule has 1 amide bonds. The predicted octanol–water partition coefficient (Wildman–Crippen LogP) is 3.32. The van der Waals surface area contributed by atoms with Gasteiger partial charge in [-0.15, -0.1) is 0 Å². The Morgan fingerprint density at radius 1 is 1.15 bits per heavy atom. The summed E-state index contributed by atoms with van der Waals surface area (Å²) in [6, 6.07) is 15.8. The van der Waals surface area contributed by atoms with Crippen LogP contribution in [0.1, 0.15) is 29.9 Å². The second-order valence-electron chi connectivity index (χ2n) is 6.20. The highest BCUT2D eigenvalue weighted by atomic mass is 16.5. The van der Waals surface area contributed by atoms with Gasteiger partial charge in [0.15, 0.2) is 0 Å². The molecule has 26 heavy (non-hydrogen) atoms. The first-order valence-corrected chi connectivity index (χ1v) is 8.55. The van der Waals surface area contributed by atoms with Crippen molar-refractivity contribution in [3.05, 3.63) is 65.7 Å². The molecule has 2 atom stereocenters. The van der Waals surface area contributed by atoms with Crippen LogP contribution in [0.15, 0.2) is 54.6 Å². The number of hydrogen-bond donors (Lipinski definition) is 2. The molecule has 6 nitrogen and oxygen atoms in total. The number of aliphatic carboxylic acids is 1. The molecular formula is C20H21NO5. The zero-order valence-electron chi connectivity index (χ0n) is 14.3. The van der Waals surface area contributed by atoms with Crippen LogP contribution in [0.5, 0.6) is 5.75 Å². The average molecular weight is 355 g/mol. The highest BCUT2D eigenvalue weighted by molar-refractivity contribution is 5.80. The normalized spacial score (nSPS) is 16.7. The zero-order valence-corrected chi connectivity index (χ0v) is 14.3. The van der Waals surface area contributed by atoms with Crippen molar-refractivity contribution in [3.8, 4) is 5.75 Å². The second-order valence-corrected chi connectivity index (χ2v) is 6.20. The topological polar surface area (TPSA) is 84.9 Å². The highest BCUT2D eigenvalue weighted by Gasteiger charge is 2.29. The smallest absolute Gasteiger partial charge is 0.408 e. The van der Waals surface area contributed by atoms with E-state index in [1.807, 2.05) is 54.6 Å². The largest absolute Gasteiger partial charge is 0.493 e. The lowest BCUT2D eigenvalue weighted by Crippen LogP contribution is -2.42. The van der Waals surface area contributed by atoms with Gasteiger partial charge in [0.25, 0.3) is 0 Å². The Morgan fingerprint density at radius 3 is 2.65 bits per heavy atom. The molecule has 0 aromatic heterocycles. The van der Waals surface area contributed by atoms with Crippen molar-refractivity contribution >= 4 is 12.1 Å². The summed E-state index contributed by atoms with van der Waals surface area (Å²) < 4.78 is 10.7. The quantitative estimate of drug-likeness (QED) is 0.830. The first kappa shape index (κ1) is 17.8. The van der Waals surface area contributed by atoms with E-state index in [1.165, 1.54) is 0 Å². The highest BCUT2D eigenvalue weighted by Crippen LogP contribution is 2.36. The van der Waals surface area contributed by atoms with Crippen molar-refractivity contribution < 1.29 is 24.2 Å². The number of amides is 1. The number of carbonyl (C=O) groups is 2. The number of fused-ring (bicyclic) bond motifs is 1. The van der Waals surface area contributed by atoms with Crippen LogP contribution in [0, 0.1) is 0 Å². The summed E-state index contributed by atoms with van der Waals surface area (Å²) in [7, 11) is 0. The fourth-order valence-electron chi connectivity index (χ4n) is 3.07. The molecule has 1 aliphatic heterocycles. The lowest BCUT2D eigenvalue weighted by atomic mass is 9.87. The molecule has 0 fully saturated rings. The summed E-state index contributed by atoms with van der Waals surface area (Å²) in [6.45, 7) is 0.631. The van der Waals surface area contributed by atoms with Gasteiger partial charge in [-0.1, -0.05) is 48.5 Å². The molecular weight excluding hydrogens is 334 g/mol. The number of para-hydroxylation sites is 1. The summed E-state index contributed by atoms with van der Waals surface area (Å²) in [4.78, 5) is 23.6. The molecule has 2 unspecified atom stereocenters. The van der Waals surface area contributed by atoms with Crippen molar-refractivity contribution in [3.63, 3.8) is 0 Å². The fourth-order valence-corrected chi connectivity index (χ4v) is 3.07. The van der Waals surface area contributed by atoms with E-state index in [0.717, 1.165) is 16.9 Å². The molecule has 2 aromatic rings. The number of alkyl carbamates (subject to hydrolysis) is 1. The minimum Gasteiger partial charge on any atom is -0.493 e. The lowest BCUT2D eigenvalue weighted by Gasteiger charge is -2.28. The third-order valence-electron chi connectivity index (χ3n) is 4.41. The van der Waals surface area contributed by atoms with Crippen LogP contribution in [0.4, 0.5) is 4.79 Å². The van der Waals surface area contributed by atoms with Crippen molar-refractivity contribution in [2.24, 2.45) is 0 Å². The Bertz CT molecular complexity index is 762.